The van der Waals surface area contributed by atoms with E-state index in [9.17, 15) is 4.79 Å². The Morgan fingerprint density at radius 2 is 2.25 bits per heavy atom. The van der Waals surface area contributed by atoms with Crippen LogP contribution in [0.25, 0.3) is 0 Å². The third-order valence-corrected chi connectivity index (χ3v) is 3.74. The minimum absolute atomic E-state index is 0.0849. The normalized spacial score (nSPS) is 15.6. The second-order valence-corrected chi connectivity index (χ2v) is 5.10. The molecule has 1 heterocycles. The van der Waals surface area contributed by atoms with Crippen LogP contribution in [0.2, 0.25) is 0 Å². The van der Waals surface area contributed by atoms with Crippen molar-refractivity contribution in [1.82, 2.24) is 14.9 Å². The Morgan fingerprint density at radius 3 is 2.95 bits per heavy atom. The molecule has 0 bridgehead atoms. The number of hydrogen-bond acceptors (Lipinski definition) is 6. The first-order chi connectivity index (χ1) is 9.70. The number of aromatic nitrogens is 2. The molecule has 0 saturated heterocycles. The number of nitrogens with one attached hydrogen (secondary N) is 1. The van der Waals surface area contributed by atoms with Crippen LogP contribution in [-0.4, -0.2) is 54.1 Å². The quantitative estimate of drug-likeness (QED) is 0.796. The zero-order chi connectivity index (χ0) is 14.4. The summed E-state index contributed by atoms with van der Waals surface area (Å²) in [5.74, 6) is 0.221. The molecule has 0 amide bonds. The Hall–Kier alpha value is -1.69. The van der Waals surface area contributed by atoms with E-state index in [4.69, 9.17) is 0 Å². The molecule has 1 saturated carbocycles. The molecule has 2 rings (SSSR count). The predicted molar refractivity (Wildman–Crippen MR) is 76.7 cm³/mol. The molecule has 6 nitrogen and oxygen atoms in total. The third-order valence-electron chi connectivity index (χ3n) is 3.74. The van der Waals surface area contributed by atoms with Gasteiger partial charge in [-0.2, -0.15) is 0 Å². The molecule has 0 radical (unpaired) electrons. The number of carbonyl (C=O) groups is 1. The van der Waals surface area contributed by atoms with Crippen LogP contribution in [-0.2, 0) is 4.74 Å². The Balaban J connectivity index is 1.80. The van der Waals surface area contributed by atoms with E-state index in [-0.39, 0.29) is 5.82 Å². The van der Waals surface area contributed by atoms with E-state index in [0.717, 1.165) is 13.1 Å². The lowest BCUT2D eigenvalue weighted by molar-refractivity contribution is 0.0587. The Labute approximate surface area is 119 Å². The van der Waals surface area contributed by atoms with E-state index in [1.807, 2.05) is 0 Å². The van der Waals surface area contributed by atoms with Gasteiger partial charge in [-0.1, -0.05) is 12.8 Å². The standard InChI is InChI=1S/C14H22N4O2/c1-18(11-5-3-4-6-11)10-9-15-12-7-8-16-13(17-12)14(19)20-2/h7-8,11H,3-6,9-10H2,1-2H3,(H,15,16,17). The monoisotopic (exact) mass is 278 g/mol. The van der Waals surface area contributed by atoms with Crippen molar-refractivity contribution >= 4 is 11.8 Å². The zero-order valence-corrected chi connectivity index (χ0v) is 12.1. The van der Waals surface area contributed by atoms with Crippen molar-refractivity contribution in [2.24, 2.45) is 0 Å². The lowest BCUT2D eigenvalue weighted by Gasteiger charge is -2.24. The van der Waals surface area contributed by atoms with E-state index < -0.39 is 5.97 Å². The van der Waals surface area contributed by atoms with Crippen LogP contribution >= 0.6 is 0 Å². The van der Waals surface area contributed by atoms with Gasteiger partial charge >= 0.3 is 5.97 Å². The molecule has 1 aromatic heterocycles. The van der Waals surface area contributed by atoms with Gasteiger partial charge in [-0.25, -0.2) is 14.8 Å². The SMILES string of the molecule is COC(=O)c1nccc(NCCN(C)C2CCCC2)n1. The van der Waals surface area contributed by atoms with E-state index in [2.05, 4.69) is 32.0 Å². The van der Waals surface area contributed by atoms with Gasteiger partial charge in [0.25, 0.3) is 0 Å². The number of ether oxygens (including phenoxy) is 1. The van der Waals surface area contributed by atoms with Gasteiger partial charge in [-0.3, -0.25) is 0 Å². The lowest BCUT2D eigenvalue weighted by Crippen LogP contribution is -2.33. The number of likely N-dealkylation sites (N-methyl/N-ethyl adjacent to an activating group) is 1. The van der Waals surface area contributed by atoms with Crippen LogP contribution in [0, 0.1) is 0 Å². The summed E-state index contributed by atoms with van der Waals surface area (Å²) < 4.78 is 4.60. The van der Waals surface area contributed by atoms with Gasteiger partial charge in [0.15, 0.2) is 0 Å². The highest BCUT2D eigenvalue weighted by atomic mass is 16.5. The van der Waals surface area contributed by atoms with Crippen molar-refractivity contribution in [3.63, 3.8) is 0 Å². The zero-order valence-electron chi connectivity index (χ0n) is 12.1. The van der Waals surface area contributed by atoms with E-state index in [1.54, 1.807) is 12.3 Å². The fraction of sp³-hybridized carbons (Fsp3) is 0.643. The molecule has 1 aromatic rings. The van der Waals surface area contributed by atoms with Crippen molar-refractivity contribution < 1.29 is 9.53 Å². The van der Waals surface area contributed by atoms with Crippen LogP contribution in [0.1, 0.15) is 36.3 Å². The minimum Gasteiger partial charge on any atom is -0.463 e. The molecule has 0 aromatic carbocycles. The van der Waals surface area contributed by atoms with Crippen molar-refractivity contribution in [3.05, 3.63) is 18.1 Å². The molecule has 1 fully saturated rings. The minimum atomic E-state index is -0.517. The van der Waals surface area contributed by atoms with Crippen LogP contribution in [0.3, 0.4) is 0 Å². The summed E-state index contributed by atoms with van der Waals surface area (Å²) >= 11 is 0. The summed E-state index contributed by atoms with van der Waals surface area (Å²) in [7, 11) is 3.49. The van der Waals surface area contributed by atoms with Crippen LogP contribution in [0.4, 0.5) is 5.82 Å². The van der Waals surface area contributed by atoms with E-state index in [1.165, 1.54) is 32.8 Å². The predicted octanol–water partition coefficient (Wildman–Crippen LogP) is 1.55. The molecule has 20 heavy (non-hydrogen) atoms. The summed E-state index contributed by atoms with van der Waals surface area (Å²) in [5.41, 5.74) is 0. The van der Waals surface area contributed by atoms with Crippen molar-refractivity contribution in [1.29, 1.82) is 0 Å². The maximum Gasteiger partial charge on any atom is 0.376 e. The van der Waals surface area contributed by atoms with Gasteiger partial charge in [0.1, 0.15) is 5.82 Å². The molecule has 0 unspecified atom stereocenters. The fourth-order valence-corrected chi connectivity index (χ4v) is 2.53. The molecule has 6 heteroatoms. The molecule has 0 spiro atoms. The second kappa shape index (κ2) is 7.19. The number of esters is 1. The summed E-state index contributed by atoms with van der Waals surface area (Å²) in [6.07, 6.45) is 6.85. The first-order valence-corrected chi connectivity index (χ1v) is 7.06. The van der Waals surface area contributed by atoms with Crippen LogP contribution in [0.5, 0.6) is 0 Å². The molecule has 1 N–H and O–H groups in total. The second-order valence-electron chi connectivity index (χ2n) is 5.10. The van der Waals surface area contributed by atoms with Crippen molar-refractivity contribution in [2.45, 2.75) is 31.7 Å². The Bertz CT molecular complexity index is 447. The van der Waals surface area contributed by atoms with Crippen LogP contribution < -0.4 is 5.32 Å². The molecule has 0 aliphatic heterocycles. The summed E-state index contributed by atoms with van der Waals surface area (Å²) in [6.45, 7) is 1.76. The lowest BCUT2D eigenvalue weighted by atomic mass is 10.2. The van der Waals surface area contributed by atoms with Gasteiger partial charge in [-0.15, -0.1) is 0 Å². The van der Waals surface area contributed by atoms with Gasteiger partial charge in [0, 0.05) is 25.3 Å². The number of methoxy groups -OCH3 is 1. The van der Waals surface area contributed by atoms with Gasteiger partial charge in [0.2, 0.25) is 5.82 Å². The molecule has 110 valence electrons. The van der Waals surface area contributed by atoms with Crippen molar-refractivity contribution in [2.75, 3.05) is 32.6 Å². The third kappa shape index (κ3) is 3.90. The van der Waals surface area contributed by atoms with Crippen molar-refractivity contribution in [3.8, 4) is 0 Å². The molecule has 0 atom stereocenters. The highest BCUT2D eigenvalue weighted by Crippen LogP contribution is 2.21. The fourth-order valence-electron chi connectivity index (χ4n) is 2.53. The number of hydrogen-bond donors (Lipinski definition) is 1. The molecular weight excluding hydrogens is 256 g/mol. The summed E-state index contributed by atoms with van der Waals surface area (Å²) in [5, 5.41) is 3.22. The molecular formula is C14H22N4O2. The summed E-state index contributed by atoms with van der Waals surface area (Å²) in [4.78, 5) is 21.7. The van der Waals surface area contributed by atoms with Crippen LogP contribution in [0.15, 0.2) is 12.3 Å². The number of anilines is 1. The van der Waals surface area contributed by atoms with Gasteiger partial charge < -0.3 is 15.0 Å². The van der Waals surface area contributed by atoms with E-state index >= 15 is 0 Å². The van der Waals surface area contributed by atoms with Gasteiger partial charge in [-0.05, 0) is 26.0 Å². The number of carbonyl (C=O) groups excluding carboxylic acids is 1. The highest BCUT2D eigenvalue weighted by Gasteiger charge is 2.18. The average molecular weight is 278 g/mol. The smallest absolute Gasteiger partial charge is 0.376 e. The van der Waals surface area contributed by atoms with Gasteiger partial charge in [0.05, 0.1) is 7.11 Å². The highest BCUT2D eigenvalue weighted by molar-refractivity contribution is 5.85. The largest absolute Gasteiger partial charge is 0.463 e. The molecule has 1 aliphatic carbocycles. The maximum absolute atomic E-state index is 11.3. The summed E-state index contributed by atoms with van der Waals surface area (Å²) in [6, 6.07) is 2.47. The van der Waals surface area contributed by atoms with E-state index in [0.29, 0.717) is 11.9 Å². The number of nitrogens with zero attached hydrogens (tertiary/aromatic N) is 3. The molecule has 1 aliphatic rings. The topological polar surface area (TPSA) is 67.3 Å². The first-order valence-electron chi connectivity index (χ1n) is 7.06. The average Bonchev–Trinajstić information content (AvgIpc) is 3.01. The number of rotatable bonds is 6. The first kappa shape index (κ1) is 14.7. The maximum atomic E-state index is 11.3. The Kier molecular flexibility index (Phi) is 5.29. The Morgan fingerprint density at radius 1 is 1.50 bits per heavy atom.